The van der Waals surface area contributed by atoms with Crippen LogP contribution in [0.1, 0.15) is 40.0 Å². The van der Waals surface area contributed by atoms with Crippen molar-refractivity contribution in [3.05, 3.63) is 12.7 Å². The molecule has 1 aliphatic heterocycles. The van der Waals surface area contributed by atoms with Gasteiger partial charge in [-0.2, -0.15) is 0 Å². The van der Waals surface area contributed by atoms with Crippen LogP contribution in [-0.2, 0) is 9.47 Å². The molecule has 0 bridgehead atoms. The van der Waals surface area contributed by atoms with Crippen molar-refractivity contribution in [3.63, 3.8) is 0 Å². The number of nitrogens with one attached hydrogen (secondary N) is 1. The lowest BCUT2D eigenvalue weighted by Gasteiger charge is -2.33. The number of hydrogen-bond acceptors (Lipinski definition) is 4. The van der Waals surface area contributed by atoms with Gasteiger partial charge in [-0.15, -0.1) is 6.58 Å². The summed E-state index contributed by atoms with van der Waals surface area (Å²) in [5, 5.41) is 3.43. The molecule has 0 aromatic rings. The average Bonchev–Trinajstić information content (AvgIpc) is 2.45. The standard InChI is InChI=1S/C17H32N2O3/c1-5-6-12-21-13-9-18-14-15-7-10-19(11-8-15)16(20)22-17(2,3)4/h5,15,18H,1,6-14H2,2-4H3. The van der Waals surface area contributed by atoms with E-state index < -0.39 is 5.60 Å². The number of hydrogen-bond donors (Lipinski definition) is 1. The van der Waals surface area contributed by atoms with Gasteiger partial charge >= 0.3 is 6.09 Å². The molecule has 0 saturated carbocycles. The summed E-state index contributed by atoms with van der Waals surface area (Å²) in [7, 11) is 0. The summed E-state index contributed by atoms with van der Waals surface area (Å²) < 4.78 is 10.9. The molecular formula is C17H32N2O3. The average molecular weight is 312 g/mol. The van der Waals surface area contributed by atoms with Gasteiger partial charge in [0.1, 0.15) is 5.60 Å². The summed E-state index contributed by atoms with van der Waals surface area (Å²) in [5.74, 6) is 0.631. The number of carbonyl (C=O) groups excluding carboxylic acids is 1. The fraction of sp³-hybridized carbons (Fsp3) is 0.824. The van der Waals surface area contributed by atoms with Gasteiger partial charge in [-0.1, -0.05) is 6.08 Å². The van der Waals surface area contributed by atoms with Gasteiger partial charge in [-0.05, 0) is 52.5 Å². The lowest BCUT2D eigenvalue weighted by molar-refractivity contribution is 0.0183. The quantitative estimate of drug-likeness (QED) is 0.553. The molecule has 1 amide bonds. The van der Waals surface area contributed by atoms with Crippen LogP contribution in [0.2, 0.25) is 0 Å². The predicted octanol–water partition coefficient (Wildman–Crippen LogP) is 2.82. The number of piperidine rings is 1. The van der Waals surface area contributed by atoms with Gasteiger partial charge in [0, 0.05) is 19.6 Å². The molecule has 0 aliphatic carbocycles. The van der Waals surface area contributed by atoms with E-state index in [1.807, 2.05) is 31.7 Å². The molecule has 0 spiro atoms. The molecule has 1 N–H and O–H groups in total. The van der Waals surface area contributed by atoms with E-state index in [-0.39, 0.29) is 6.09 Å². The predicted molar refractivity (Wildman–Crippen MR) is 89.0 cm³/mol. The third-order valence-corrected chi connectivity index (χ3v) is 3.59. The molecule has 0 atom stereocenters. The Bertz CT molecular complexity index is 331. The second-order valence-corrected chi connectivity index (χ2v) is 6.80. The van der Waals surface area contributed by atoms with Crippen molar-refractivity contribution >= 4 is 6.09 Å². The van der Waals surface area contributed by atoms with Crippen LogP contribution in [0.15, 0.2) is 12.7 Å². The molecule has 5 nitrogen and oxygen atoms in total. The maximum Gasteiger partial charge on any atom is 0.410 e. The molecule has 5 heteroatoms. The zero-order chi connectivity index (χ0) is 16.4. The Morgan fingerprint density at radius 2 is 2.00 bits per heavy atom. The van der Waals surface area contributed by atoms with E-state index in [0.717, 1.165) is 58.7 Å². The van der Waals surface area contributed by atoms with Crippen LogP contribution in [0, 0.1) is 5.92 Å². The minimum Gasteiger partial charge on any atom is -0.444 e. The monoisotopic (exact) mass is 312 g/mol. The third kappa shape index (κ3) is 8.39. The van der Waals surface area contributed by atoms with Crippen molar-refractivity contribution in [2.24, 2.45) is 5.92 Å². The van der Waals surface area contributed by atoms with E-state index in [9.17, 15) is 4.79 Å². The summed E-state index contributed by atoms with van der Waals surface area (Å²) >= 11 is 0. The van der Waals surface area contributed by atoms with Gasteiger partial charge in [0.25, 0.3) is 0 Å². The number of nitrogens with zero attached hydrogens (tertiary/aromatic N) is 1. The Balaban J connectivity index is 2.07. The van der Waals surface area contributed by atoms with Gasteiger partial charge in [-0.25, -0.2) is 4.79 Å². The normalized spacial score (nSPS) is 16.6. The lowest BCUT2D eigenvalue weighted by atomic mass is 9.97. The smallest absolute Gasteiger partial charge is 0.410 e. The van der Waals surface area contributed by atoms with Crippen LogP contribution in [0.25, 0.3) is 0 Å². The number of ether oxygens (including phenoxy) is 2. The van der Waals surface area contributed by atoms with Crippen LogP contribution < -0.4 is 5.32 Å². The summed E-state index contributed by atoms with van der Waals surface area (Å²) in [6, 6.07) is 0. The lowest BCUT2D eigenvalue weighted by Crippen LogP contribution is -2.43. The minimum absolute atomic E-state index is 0.186. The molecule has 0 aromatic carbocycles. The highest BCUT2D eigenvalue weighted by atomic mass is 16.6. The van der Waals surface area contributed by atoms with Crippen LogP contribution in [-0.4, -0.2) is 56.0 Å². The Kier molecular flexibility index (Phi) is 8.49. The van der Waals surface area contributed by atoms with E-state index >= 15 is 0 Å². The first-order valence-electron chi connectivity index (χ1n) is 8.29. The molecule has 1 saturated heterocycles. The molecule has 1 aliphatic rings. The van der Waals surface area contributed by atoms with Gasteiger partial charge < -0.3 is 19.7 Å². The maximum absolute atomic E-state index is 12.0. The van der Waals surface area contributed by atoms with Crippen LogP contribution in [0.3, 0.4) is 0 Å². The first kappa shape index (κ1) is 19.0. The van der Waals surface area contributed by atoms with Crippen LogP contribution in [0.4, 0.5) is 4.79 Å². The third-order valence-electron chi connectivity index (χ3n) is 3.59. The molecule has 1 heterocycles. The molecule has 128 valence electrons. The number of likely N-dealkylation sites (tertiary alicyclic amines) is 1. The second-order valence-electron chi connectivity index (χ2n) is 6.80. The number of amides is 1. The van der Waals surface area contributed by atoms with Gasteiger partial charge in [0.2, 0.25) is 0 Å². The Labute approximate surface area is 135 Å². The van der Waals surface area contributed by atoms with E-state index in [2.05, 4.69) is 11.9 Å². The first-order valence-corrected chi connectivity index (χ1v) is 8.29. The zero-order valence-electron chi connectivity index (χ0n) is 14.4. The highest BCUT2D eigenvalue weighted by Crippen LogP contribution is 2.19. The van der Waals surface area contributed by atoms with Crippen molar-refractivity contribution in [1.29, 1.82) is 0 Å². The van der Waals surface area contributed by atoms with E-state index in [1.54, 1.807) is 0 Å². The summed E-state index contributed by atoms with van der Waals surface area (Å²) in [6.07, 6.45) is 4.65. The van der Waals surface area contributed by atoms with Crippen molar-refractivity contribution in [2.45, 2.75) is 45.6 Å². The molecule has 0 aromatic heterocycles. The summed E-state index contributed by atoms with van der Waals surface area (Å²) in [4.78, 5) is 13.8. The highest BCUT2D eigenvalue weighted by Gasteiger charge is 2.26. The molecule has 0 radical (unpaired) electrons. The fourth-order valence-corrected chi connectivity index (χ4v) is 2.37. The highest BCUT2D eigenvalue weighted by molar-refractivity contribution is 5.68. The topological polar surface area (TPSA) is 50.8 Å². The van der Waals surface area contributed by atoms with Crippen molar-refractivity contribution in [1.82, 2.24) is 10.2 Å². The van der Waals surface area contributed by atoms with Crippen molar-refractivity contribution in [2.75, 3.05) is 39.4 Å². The molecule has 1 rings (SSSR count). The Morgan fingerprint density at radius 1 is 1.32 bits per heavy atom. The van der Waals surface area contributed by atoms with Gasteiger partial charge in [-0.3, -0.25) is 0 Å². The minimum atomic E-state index is -0.416. The SMILES string of the molecule is C=CCCOCCNCC1CCN(C(=O)OC(C)(C)C)CC1. The molecule has 22 heavy (non-hydrogen) atoms. The van der Waals surface area contributed by atoms with Gasteiger partial charge in [0.05, 0.1) is 13.2 Å². The van der Waals surface area contributed by atoms with E-state index in [4.69, 9.17) is 9.47 Å². The van der Waals surface area contributed by atoms with Crippen molar-refractivity contribution < 1.29 is 14.3 Å². The number of carbonyl (C=O) groups is 1. The van der Waals surface area contributed by atoms with Crippen LogP contribution >= 0.6 is 0 Å². The molecular weight excluding hydrogens is 280 g/mol. The summed E-state index contributed by atoms with van der Waals surface area (Å²) in [6.45, 7) is 14.3. The van der Waals surface area contributed by atoms with E-state index in [0.29, 0.717) is 5.92 Å². The second kappa shape index (κ2) is 9.85. The molecule has 1 fully saturated rings. The fourth-order valence-electron chi connectivity index (χ4n) is 2.37. The zero-order valence-corrected chi connectivity index (χ0v) is 14.4. The Morgan fingerprint density at radius 3 is 2.59 bits per heavy atom. The summed E-state index contributed by atoms with van der Waals surface area (Å²) in [5.41, 5.74) is -0.416. The van der Waals surface area contributed by atoms with E-state index in [1.165, 1.54) is 0 Å². The van der Waals surface area contributed by atoms with Gasteiger partial charge in [0.15, 0.2) is 0 Å². The number of rotatable bonds is 8. The first-order chi connectivity index (χ1) is 10.4. The Hall–Kier alpha value is -1.07. The molecule has 0 unspecified atom stereocenters. The van der Waals surface area contributed by atoms with Crippen molar-refractivity contribution in [3.8, 4) is 0 Å². The largest absolute Gasteiger partial charge is 0.444 e. The van der Waals surface area contributed by atoms with Crippen LogP contribution in [0.5, 0.6) is 0 Å². The maximum atomic E-state index is 12.0.